The highest BCUT2D eigenvalue weighted by atomic mass is 19.4. The van der Waals surface area contributed by atoms with E-state index in [2.05, 4.69) is 5.16 Å². The van der Waals surface area contributed by atoms with E-state index < -0.39 is 11.7 Å². The molecule has 34 heavy (non-hydrogen) atoms. The maximum absolute atomic E-state index is 13.3. The van der Waals surface area contributed by atoms with Gasteiger partial charge in [0.15, 0.2) is 6.10 Å². The molecule has 1 amide bonds. The molecular formula is C26H30F3N3O2. The molecule has 2 aromatic carbocycles. The SMILES string of the molecule is CN(C)c1ccc(C2=NOC(CN(Cc3cccc(C(F)(F)F)c3)C(=O)C3CCCC3)C2)cc1. The molecule has 182 valence electrons. The van der Waals surface area contributed by atoms with E-state index >= 15 is 0 Å². The van der Waals surface area contributed by atoms with E-state index in [4.69, 9.17) is 4.84 Å². The van der Waals surface area contributed by atoms with Gasteiger partial charge in [0.2, 0.25) is 5.91 Å². The number of nitrogens with zero attached hydrogens (tertiary/aromatic N) is 3. The maximum Gasteiger partial charge on any atom is 0.416 e. The van der Waals surface area contributed by atoms with Crippen molar-refractivity contribution in [2.75, 3.05) is 25.5 Å². The first-order valence-electron chi connectivity index (χ1n) is 11.7. The number of hydrogen-bond acceptors (Lipinski definition) is 4. The van der Waals surface area contributed by atoms with Crippen LogP contribution in [0.15, 0.2) is 53.7 Å². The third kappa shape index (κ3) is 5.72. The van der Waals surface area contributed by atoms with Crippen molar-refractivity contribution < 1.29 is 22.8 Å². The first-order chi connectivity index (χ1) is 16.2. The smallest absolute Gasteiger partial charge is 0.390 e. The molecule has 0 spiro atoms. The van der Waals surface area contributed by atoms with Gasteiger partial charge in [0.25, 0.3) is 0 Å². The largest absolute Gasteiger partial charge is 0.416 e. The lowest BCUT2D eigenvalue weighted by Crippen LogP contribution is -2.40. The zero-order valence-corrected chi connectivity index (χ0v) is 19.5. The highest BCUT2D eigenvalue weighted by Crippen LogP contribution is 2.31. The average molecular weight is 474 g/mol. The van der Waals surface area contributed by atoms with E-state index in [9.17, 15) is 18.0 Å². The predicted molar refractivity (Wildman–Crippen MR) is 126 cm³/mol. The van der Waals surface area contributed by atoms with Crippen LogP contribution in [0.25, 0.3) is 0 Å². The van der Waals surface area contributed by atoms with Crippen molar-refractivity contribution in [3.05, 3.63) is 65.2 Å². The molecule has 0 radical (unpaired) electrons. The number of amides is 1. The monoisotopic (exact) mass is 473 g/mol. The Balaban J connectivity index is 1.46. The summed E-state index contributed by atoms with van der Waals surface area (Å²) in [6.45, 7) is 0.403. The Labute approximate surface area is 198 Å². The van der Waals surface area contributed by atoms with Gasteiger partial charge < -0.3 is 14.6 Å². The third-order valence-electron chi connectivity index (χ3n) is 6.52. The maximum atomic E-state index is 13.3. The van der Waals surface area contributed by atoms with Crippen LogP contribution >= 0.6 is 0 Å². The Morgan fingerprint density at radius 2 is 1.79 bits per heavy atom. The highest BCUT2D eigenvalue weighted by molar-refractivity contribution is 6.01. The Morgan fingerprint density at radius 1 is 1.09 bits per heavy atom. The van der Waals surface area contributed by atoms with E-state index in [0.29, 0.717) is 12.0 Å². The summed E-state index contributed by atoms with van der Waals surface area (Å²) in [5, 5.41) is 4.24. The molecule has 1 aliphatic heterocycles. The zero-order chi connectivity index (χ0) is 24.3. The van der Waals surface area contributed by atoms with Gasteiger partial charge in [0.1, 0.15) is 0 Å². The van der Waals surface area contributed by atoms with E-state index in [1.165, 1.54) is 6.07 Å². The van der Waals surface area contributed by atoms with Crippen molar-refractivity contribution >= 4 is 17.3 Å². The van der Waals surface area contributed by atoms with Crippen LogP contribution in [0.3, 0.4) is 0 Å². The van der Waals surface area contributed by atoms with Gasteiger partial charge in [-0.15, -0.1) is 0 Å². The van der Waals surface area contributed by atoms with Crippen LogP contribution in [0.4, 0.5) is 18.9 Å². The van der Waals surface area contributed by atoms with Gasteiger partial charge in [-0.05, 0) is 48.2 Å². The fraction of sp³-hybridized carbons (Fsp3) is 0.462. The number of benzene rings is 2. The van der Waals surface area contributed by atoms with Crippen LogP contribution in [-0.2, 0) is 22.4 Å². The normalized spacial score (nSPS) is 18.5. The van der Waals surface area contributed by atoms with Crippen molar-refractivity contribution in [3.8, 4) is 0 Å². The lowest BCUT2D eigenvalue weighted by molar-refractivity contribution is -0.137. The van der Waals surface area contributed by atoms with Crippen molar-refractivity contribution in [2.45, 2.75) is 50.9 Å². The Kier molecular flexibility index (Phi) is 7.14. The minimum absolute atomic E-state index is 0.0118. The second-order valence-electron chi connectivity index (χ2n) is 9.31. The summed E-state index contributed by atoms with van der Waals surface area (Å²) in [5.74, 6) is -0.0894. The van der Waals surface area contributed by atoms with E-state index in [0.717, 1.165) is 54.8 Å². The molecule has 1 fully saturated rings. The van der Waals surface area contributed by atoms with Crippen molar-refractivity contribution in [1.29, 1.82) is 0 Å². The minimum atomic E-state index is -4.42. The van der Waals surface area contributed by atoms with Gasteiger partial charge in [-0.1, -0.05) is 42.3 Å². The number of anilines is 1. The van der Waals surface area contributed by atoms with Crippen LogP contribution in [0.1, 0.15) is 48.8 Å². The summed E-state index contributed by atoms with van der Waals surface area (Å²) in [7, 11) is 3.95. The van der Waals surface area contributed by atoms with Gasteiger partial charge in [0, 0.05) is 38.7 Å². The van der Waals surface area contributed by atoms with Gasteiger partial charge in [-0.25, -0.2) is 0 Å². The lowest BCUT2D eigenvalue weighted by Gasteiger charge is -2.28. The van der Waals surface area contributed by atoms with Crippen molar-refractivity contribution in [2.24, 2.45) is 11.1 Å². The second-order valence-corrected chi connectivity index (χ2v) is 9.31. The summed E-state index contributed by atoms with van der Waals surface area (Å²) in [4.78, 5) is 22.6. The van der Waals surface area contributed by atoms with Crippen LogP contribution in [-0.4, -0.2) is 43.3 Å². The first kappa shape index (κ1) is 24.1. The van der Waals surface area contributed by atoms with Gasteiger partial charge in [0.05, 0.1) is 17.8 Å². The molecule has 1 saturated carbocycles. The molecule has 1 heterocycles. The fourth-order valence-electron chi connectivity index (χ4n) is 4.62. The standard InChI is InChI=1S/C26H30F3N3O2/c1-31(2)22-12-10-19(11-13-22)24-15-23(34-30-24)17-32(25(33)20-7-3-4-8-20)16-18-6-5-9-21(14-18)26(27,28)29/h5-6,9-14,20,23H,3-4,7-8,15-17H2,1-2H3. The molecule has 5 nitrogen and oxygen atoms in total. The Hall–Kier alpha value is -3.03. The second kappa shape index (κ2) is 10.1. The third-order valence-corrected chi connectivity index (χ3v) is 6.52. The number of halogens is 3. The fourth-order valence-corrected chi connectivity index (χ4v) is 4.62. The zero-order valence-electron chi connectivity index (χ0n) is 19.5. The summed E-state index contributed by atoms with van der Waals surface area (Å²) < 4.78 is 39.6. The highest BCUT2D eigenvalue weighted by Gasteiger charge is 2.33. The number of carbonyl (C=O) groups excluding carboxylic acids is 1. The van der Waals surface area contributed by atoms with Crippen LogP contribution in [0.5, 0.6) is 0 Å². The van der Waals surface area contributed by atoms with Crippen molar-refractivity contribution in [1.82, 2.24) is 4.90 Å². The summed E-state index contributed by atoms with van der Waals surface area (Å²) in [5.41, 5.74) is 2.60. The molecule has 8 heteroatoms. The molecule has 1 aliphatic carbocycles. The van der Waals surface area contributed by atoms with Gasteiger partial charge in [-0.3, -0.25) is 4.79 Å². The molecule has 1 atom stereocenters. The number of carbonyl (C=O) groups is 1. The van der Waals surface area contributed by atoms with E-state index in [1.54, 1.807) is 11.0 Å². The molecular weight excluding hydrogens is 443 g/mol. The summed E-state index contributed by atoms with van der Waals surface area (Å²) >= 11 is 0. The number of oxime groups is 1. The van der Waals surface area contributed by atoms with Gasteiger partial charge in [-0.2, -0.15) is 13.2 Å². The summed E-state index contributed by atoms with van der Waals surface area (Å²) in [6.07, 6.45) is -0.561. The van der Waals surface area contributed by atoms with Crippen LogP contribution < -0.4 is 4.90 Å². The Morgan fingerprint density at radius 3 is 2.44 bits per heavy atom. The lowest BCUT2D eigenvalue weighted by atomic mass is 10.0. The molecule has 0 N–H and O–H groups in total. The topological polar surface area (TPSA) is 45.1 Å². The molecule has 1 unspecified atom stereocenters. The Bertz CT molecular complexity index is 1030. The van der Waals surface area contributed by atoms with Gasteiger partial charge >= 0.3 is 6.18 Å². The van der Waals surface area contributed by atoms with Crippen LogP contribution in [0.2, 0.25) is 0 Å². The average Bonchev–Trinajstić information content (AvgIpc) is 3.50. The van der Waals surface area contributed by atoms with Crippen LogP contribution in [0, 0.1) is 5.92 Å². The molecule has 0 aromatic heterocycles. The molecule has 0 saturated heterocycles. The predicted octanol–water partition coefficient (Wildman–Crippen LogP) is 5.48. The van der Waals surface area contributed by atoms with E-state index in [1.807, 2.05) is 43.3 Å². The molecule has 2 aromatic rings. The quantitative estimate of drug-likeness (QED) is 0.535. The molecule has 0 bridgehead atoms. The summed E-state index contributed by atoms with van der Waals surface area (Å²) in [6, 6.07) is 13.2. The number of alkyl halides is 3. The van der Waals surface area contributed by atoms with Crippen molar-refractivity contribution in [3.63, 3.8) is 0 Å². The minimum Gasteiger partial charge on any atom is -0.390 e. The number of hydrogen-bond donors (Lipinski definition) is 0. The first-order valence-corrected chi connectivity index (χ1v) is 11.7. The molecule has 4 rings (SSSR count). The van der Waals surface area contributed by atoms with E-state index in [-0.39, 0.29) is 31.0 Å². The molecule has 2 aliphatic rings. The number of rotatable bonds is 7.